The quantitative estimate of drug-likeness (QED) is 0.659. The monoisotopic (exact) mass is 342 g/mol. The number of carbonyl (C=O) groups is 1. The van der Waals surface area contributed by atoms with E-state index in [1.165, 1.54) is 18.2 Å². The maximum Gasteiger partial charge on any atom is 0.446 e. The molecule has 0 spiro atoms. The number of thioether (sulfide) groups is 1. The van der Waals surface area contributed by atoms with Gasteiger partial charge in [0.05, 0.1) is 0 Å². The SMILES string of the molecule is C=CC(=O)NC1[C@H]2CN(Cc3ccc(SC(F)(F)F)cc3)C[C@@H]12. The average molecular weight is 342 g/mol. The van der Waals surface area contributed by atoms with Gasteiger partial charge in [-0.3, -0.25) is 9.69 Å². The number of nitrogens with one attached hydrogen (secondary N) is 1. The normalized spacial score (nSPS) is 26.7. The van der Waals surface area contributed by atoms with Gasteiger partial charge in [-0.25, -0.2) is 0 Å². The van der Waals surface area contributed by atoms with Crippen LogP contribution in [0, 0.1) is 11.8 Å². The molecule has 1 aromatic carbocycles. The van der Waals surface area contributed by atoms with Crippen molar-refractivity contribution in [1.82, 2.24) is 10.2 Å². The Hall–Kier alpha value is -1.47. The molecule has 23 heavy (non-hydrogen) atoms. The Labute approximate surface area is 136 Å². The molecule has 1 amide bonds. The molecule has 3 nitrogen and oxygen atoms in total. The smallest absolute Gasteiger partial charge is 0.349 e. The van der Waals surface area contributed by atoms with Gasteiger partial charge in [-0.05, 0) is 47.4 Å². The third kappa shape index (κ3) is 4.09. The molecule has 1 aliphatic carbocycles. The van der Waals surface area contributed by atoms with E-state index in [4.69, 9.17) is 0 Å². The van der Waals surface area contributed by atoms with Crippen molar-refractivity contribution < 1.29 is 18.0 Å². The number of likely N-dealkylation sites (tertiary alicyclic amines) is 1. The summed E-state index contributed by atoms with van der Waals surface area (Å²) in [6.45, 7) is 5.99. The van der Waals surface area contributed by atoms with E-state index < -0.39 is 5.51 Å². The molecule has 2 fully saturated rings. The van der Waals surface area contributed by atoms with Gasteiger partial charge in [0.1, 0.15) is 0 Å². The average Bonchev–Trinajstić information content (AvgIpc) is 2.92. The molecule has 1 N–H and O–H groups in total. The Balaban J connectivity index is 1.47. The number of carbonyl (C=O) groups excluding carboxylic acids is 1. The first-order valence-corrected chi connectivity index (χ1v) is 8.17. The van der Waals surface area contributed by atoms with E-state index in [-0.39, 0.29) is 28.6 Å². The lowest BCUT2D eigenvalue weighted by atomic mass is 10.2. The summed E-state index contributed by atoms with van der Waals surface area (Å²) < 4.78 is 36.9. The minimum Gasteiger partial charge on any atom is -0.349 e. The molecule has 1 unspecified atom stereocenters. The molecule has 124 valence electrons. The number of hydrogen-bond acceptors (Lipinski definition) is 3. The summed E-state index contributed by atoms with van der Waals surface area (Å²) in [5.74, 6) is 0.839. The van der Waals surface area contributed by atoms with Crippen molar-refractivity contribution in [2.75, 3.05) is 13.1 Å². The lowest BCUT2D eigenvalue weighted by molar-refractivity contribution is -0.116. The Kier molecular flexibility index (Phi) is 4.42. The summed E-state index contributed by atoms with van der Waals surface area (Å²) in [4.78, 5) is 13.8. The molecule has 0 bridgehead atoms. The van der Waals surface area contributed by atoms with E-state index in [2.05, 4.69) is 16.8 Å². The van der Waals surface area contributed by atoms with Gasteiger partial charge in [-0.15, -0.1) is 0 Å². The summed E-state index contributed by atoms with van der Waals surface area (Å²) in [5, 5.41) is 2.93. The molecule has 1 saturated carbocycles. The highest BCUT2D eigenvalue weighted by Gasteiger charge is 2.55. The van der Waals surface area contributed by atoms with E-state index in [0.717, 1.165) is 25.2 Å². The van der Waals surface area contributed by atoms with Gasteiger partial charge in [0.2, 0.25) is 5.91 Å². The molecule has 7 heteroatoms. The summed E-state index contributed by atoms with van der Waals surface area (Å²) in [6.07, 6.45) is 1.28. The van der Waals surface area contributed by atoms with Crippen LogP contribution in [0.1, 0.15) is 5.56 Å². The highest BCUT2D eigenvalue weighted by atomic mass is 32.2. The molecule has 3 atom stereocenters. The first-order valence-electron chi connectivity index (χ1n) is 7.36. The van der Waals surface area contributed by atoms with Gasteiger partial charge >= 0.3 is 5.51 Å². The highest BCUT2D eigenvalue weighted by Crippen LogP contribution is 2.46. The summed E-state index contributed by atoms with van der Waals surface area (Å²) in [6, 6.07) is 6.76. The topological polar surface area (TPSA) is 32.3 Å². The standard InChI is InChI=1S/C16H17F3N2OS/c1-2-14(22)20-15-12-8-21(9-13(12)15)7-10-3-5-11(6-4-10)23-16(17,18)19/h2-6,12-13,15H,1,7-9H2,(H,20,22)/t12-,13+,15?. The maximum atomic E-state index is 12.3. The van der Waals surface area contributed by atoms with Crippen molar-refractivity contribution in [3.05, 3.63) is 42.5 Å². The fraction of sp³-hybridized carbons (Fsp3) is 0.438. The zero-order valence-electron chi connectivity index (χ0n) is 12.3. The number of rotatable bonds is 5. The van der Waals surface area contributed by atoms with Gasteiger partial charge in [-0.2, -0.15) is 13.2 Å². The zero-order valence-corrected chi connectivity index (χ0v) is 13.2. The van der Waals surface area contributed by atoms with Gasteiger partial charge < -0.3 is 5.32 Å². The molecular formula is C16H17F3N2OS. The molecular weight excluding hydrogens is 325 g/mol. The van der Waals surface area contributed by atoms with Crippen molar-refractivity contribution in [3.63, 3.8) is 0 Å². The minimum absolute atomic E-state index is 0.0942. The molecule has 1 heterocycles. The van der Waals surface area contributed by atoms with Crippen LogP contribution in [0.25, 0.3) is 0 Å². The second-order valence-corrected chi connectivity index (χ2v) is 7.09. The maximum absolute atomic E-state index is 12.3. The molecule has 2 aliphatic rings. The largest absolute Gasteiger partial charge is 0.446 e. The fourth-order valence-electron chi connectivity index (χ4n) is 3.23. The number of amides is 1. The number of nitrogens with zero attached hydrogens (tertiary/aromatic N) is 1. The lowest BCUT2D eigenvalue weighted by Crippen LogP contribution is -2.33. The van der Waals surface area contributed by atoms with E-state index in [0.29, 0.717) is 11.8 Å². The van der Waals surface area contributed by atoms with Crippen molar-refractivity contribution in [3.8, 4) is 0 Å². The van der Waals surface area contributed by atoms with Gasteiger partial charge in [0, 0.05) is 30.6 Å². The lowest BCUT2D eigenvalue weighted by Gasteiger charge is -2.20. The number of benzene rings is 1. The number of halogens is 3. The summed E-state index contributed by atoms with van der Waals surface area (Å²) in [7, 11) is 0. The second-order valence-electron chi connectivity index (χ2n) is 5.95. The number of alkyl halides is 3. The Morgan fingerprint density at radius 2 is 1.91 bits per heavy atom. The van der Waals surface area contributed by atoms with Crippen molar-refractivity contribution in [1.29, 1.82) is 0 Å². The molecule has 1 aromatic rings. The van der Waals surface area contributed by atoms with E-state index in [9.17, 15) is 18.0 Å². The first kappa shape index (κ1) is 16.4. The predicted molar refractivity (Wildman–Crippen MR) is 82.7 cm³/mol. The van der Waals surface area contributed by atoms with Gasteiger partial charge in [0.15, 0.2) is 0 Å². The van der Waals surface area contributed by atoms with E-state index in [1.54, 1.807) is 12.1 Å². The van der Waals surface area contributed by atoms with Gasteiger partial charge in [-0.1, -0.05) is 18.7 Å². The Bertz CT molecular complexity index is 590. The van der Waals surface area contributed by atoms with Crippen LogP contribution < -0.4 is 5.32 Å². The van der Waals surface area contributed by atoms with Crippen molar-refractivity contribution in [2.24, 2.45) is 11.8 Å². The fourth-order valence-corrected chi connectivity index (χ4v) is 3.77. The highest BCUT2D eigenvalue weighted by molar-refractivity contribution is 8.00. The molecule has 1 aliphatic heterocycles. The number of piperidine rings is 1. The van der Waals surface area contributed by atoms with Crippen LogP contribution in [0.4, 0.5) is 13.2 Å². The van der Waals surface area contributed by atoms with Crippen LogP contribution in [-0.4, -0.2) is 35.4 Å². The second kappa shape index (κ2) is 6.20. The zero-order chi connectivity index (χ0) is 16.6. The molecule has 0 aromatic heterocycles. The third-order valence-corrected chi connectivity index (χ3v) is 5.07. The van der Waals surface area contributed by atoms with E-state index in [1.807, 2.05) is 0 Å². The van der Waals surface area contributed by atoms with Crippen LogP contribution in [-0.2, 0) is 11.3 Å². The van der Waals surface area contributed by atoms with Crippen LogP contribution >= 0.6 is 11.8 Å². The van der Waals surface area contributed by atoms with Crippen molar-refractivity contribution in [2.45, 2.75) is 23.0 Å². The summed E-state index contributed by atoms with van der Waals surface area (Å²) in [5.41, 5.74) is -3.24. The minimum atomic E-state index is -4.25. The van der Waals surface area contributed by atoms with Crippen molar-refractivity contribution >= 4 is 17.7 Å². The van der Waals surface area contributed by atoms with Crippen LogP contribution in [0.5, 0.6) is 0 Å². The first-order chi connectivity index (χ1) is 10.9. The third-order valence-electron chi connectivity index (χ3n) is 4.33. The molecule has 1 saturated heterocycles. The number of hydrogen-bond donors (Lipinski definition) is 1. The van der Waals surface area contributed by atoms with Gasteiger partial charge in [0.25, 0.3) is 0 Å². The van der Waals surface area contributed by atoms with Crippen LogP contribution in [0.2, 0.25) is 0 Å². The molecule has 0 radical (unpaired) electrons. The number of fused-ring (bicyclic) bond motifs is 1. The Morgan fingerprint density at radius 3 is 2.43 bits per heavy atom. The van der Waals surface area contributed by atoms with Crippen LogP contribution in [0.3, 0.4) is 0 Å². The van der Waals surface area contributed by atoms with E-state index >= 15 is 0 Å². The molecule has 3 rings (SSSR count). The summed E-state index contributed by atoms with van der Waals surface area (Å²) >= 11 is -0.0942. The predicted octanol–water partition coefficient (Wildman–Crippen LogP) is 3.03. The Morgan fingerprint density at radius 1 is 1.30 bits per heavy atom. The van der Waals surface area contributed by atoms with Crippen LogP contribution in [0.15, 0.2) is 41.8 Å².